The predicted molar refractivity (Wildman–Crippen MR) is 105 cm³/mol. The quantitative estimate of drug-likeness (QED) is 0.171. The van der Waals surface area contributed by atoms with Gasteiger partial charge in [-0.15, -0.1) is 11.8 Å². The molecule has 28 heavy (non-hydrogen) atoms. The third kappa shape index (κ3) is 3.97. The maximum atomic E-state index is 12.5. The SMILES string of the molecule is CN(C)C=N[C@@H]1C(=O)N2C(C(=O)OCc3ccc([N+](=O)[O-])cc3)=C(Cl)CS[C@H]12. The number of amides is 1. The van der Waals surface area contributed by atoms with E-state index >= 15 is 0 Å². The number of halogens is 1. The van der Waals surface area contributed by atoms with Crippen LogP contribution >= 0.6 is 23.4 Å². The lowest BCUT2D eigenvalue weighted by Crippen LogP contribution is -2.64. The van der Waals surface area contributed by atoms with Gasteiger partial charge in [-0.05, 0) is 17.7 Å². The highest BCUT2D eigenvalue weighted by molar-refractivity contribution is 8.00. The van der Waals surface area contributed by atoms with E-state index < -0.39 is 16.9 Å². The minimum atomic E-state index is -0.711. The maximum absolute atomic E-state index is 12.5. The lowest BCUT2D eigenvalue weighted by atomic mass is 10.1. The predicted octanol–water partition coefficient (Wildman–Crippen LogP) is 1.96. The number of β-lactam (4-membered cyclic amide) rings is 1. The van der Waals surface area contributed by atoms with Gasteiger partial charge in [-0.1, -0.05) is 11.6 Å². The summed E-state index contributed by atoms with van der Waals surface area (Å²) >= 11 is 7.63. The third-order valence-electron chi connectivity index (χ3n) is 4.06. The van der Waals surface area contributed by atoms with Gasteiger partial charge in [-0.3, -0.25) is 24.8 Å². The molecule has 11 heteroatoms. The number of nitro groups is 1. The van der Waals surface area contributed by atoms with Crippen LogP contribution in [0.2, 0.25) is 0 Å². The number of nitrogens with zero attached hydrogens (tertiary/aromatic N) is 4. The van der Waals surface area contributed by atoms with Crippen molar-refractivity contribution in [1.82, 2.24) is 9.80 Å². The van der Waals surface area contributed by atoms with Crippen molar-refractivity contribution in [3.63, 3.8) is 0 Å². The van der Waals surface area contributed by atoms with Crippen molar-refractivity contribution in [2.24, 2.45) is 4.99 Å². The Morgan fingerprint density at radius 1 is 1.46 bits per heavy atom. The number of ether oxygens (including phenoxy) is 1. The van der Waals surface area contributed by atoms with E-state index in [4.69, 9.17) is 16.3 Å². The first-order chi connectivity index (χ1) is 13.3. The first-order valence-electron chi connectivity index (χ1n) is 8.23. The van der Waals surface area contributed by atoms with Gasteiger partial charge in [0.05, 0.1) is 16.3 Å². The molecule has 0 aliphatic carbocycles. The Morgan fingerprint density at radius 2 is 2.14 bits per heavy atom. The Kier molecular flexibility index (Phi) is 5.90. The average molecular weight is 425 g/mol. The molecule has 1 amide bonds. The van der Waals surface area contributed by atoms with Crippen LogP contribution in [0.3, 0.4) is 0 Å². The Bertz CT molecular complexity index is 871. The van der Waals surface area contributed by atoms with Gasteiger partial charge < -0.3 is 9.64 Å². The zero-order valence-electron chi connectivity index (χ0n) is 15.1. The third-order valence-corrected chi connectivity index (χ3v) is 5.80. The highest BCUT2D eigenvalue weighted by Crippen LogP contribution is 2.42. The smallest absolute Gasteiger partial charge is 0.356 e. The molecule has 0 spiro atoms. The minimum Gasteiger partial charge on any atom is -0.456 e. The van der Waals surface area contributed by atoms with E-state index in [9.17, 15) is 19.7 Å². The van der Waals surface area contributed by atoms with Gasteiger partial charge in [0.1, 0.15) is 17.7 Å². The van der Waals surface area contributed by atoms with Crippen LogP contribution in [0.15, 0.2) is 40.0 Å². The second kappa shape index (κ2) is 8.19. The molecule has 0 bridgehead atoms. The fourth-order valence-corrected chi connectivity index (χ4v) is 4.23. The van der Waals surface area contributed by atoms with Crippen molar-refractivity contribution in [3.8, 4) is 0 Å². The zero-order valence-corrected chi connectivity index (χ0v) is 16.6. The molecule has 2 heterocycles. The standard InChI is InChI=1S/C17H17ClN4O5S/c1-20(2)9-19-13-15(23)21-14(12(18)8-28-16(13)21)17(24)27-7-10-3-5-11(6-4-10)22(25)26/h3-6,9,13,16H,7-8H2,1-2H3/t13-,16-/m1/s1. The van der Waals surface area contributed by atoms with Crippen LogP contribution < -0.4 is 0 Å². The van der Waals surface area contributed by atoms with Gasteiger partial charge in [0.15, 0.2) is 6.04 Å². The van der Waals surface area contributed by atoms with Crippen LogP contribution in [0.1, 0.15) is 5.56 Å². The van der Waals surface area contributed by atoms with Gasteiger partial charge in [0.2, 0.25) is 0 Å². The molecule has 0 unspecified atom stereocenters. The minimum absolute atomic E-state index is 0.0358. The Hall–Kier alpha value is -2.59. The molecule has 1 fully saturated rings. The molecule has 2 atom stereocenters. The largest absolute Gasteiger partial charge is 0.456 e. The van der Waals surface area contributed by atoms with Crippen molar-refractivity contribution < 1.29 is 19.2 Å². The normalized spacial score (nSPS) is 21.4. The number of hydrogen-bond donors (Lipinski definition) is 0. The summed E-state index contributed by atoms with van der Waals surface area (Å²) in [5.41, 5.74) is 0.568. The monoisotopic (exact) mass is 424 g/mol. The fraction of sp³-hybridized carbons (Fsp3) is 0.353. The maximum Gasteiger partial charge on any atom is 0.356 e. The zero-order chi connectivity index (χ0) is 20.4. The molecular weight excluding hydrogens is 408 g/mol. The Balaban J connectivity index is 1.67. The Labute approximate surface area is 170 Å². The summed E-state index contributed by atoms with van der Waals surface area (Å²) in [6.45, 7) is -0.0907. The van der Waals surface area contributed by atoms with Crippen LogP contribution in [0.5, 0.6) is 0 Å². The fourth-order valence-electron chi connectivity index (χ4n) is 2.69. The van der Waals surface area contributed by atoms with Crippen molar-refractivity contribution in [2.75, 3.05) is 19.8 Å². The number of esters is 1. The van der Waals surface area contributed by atoms with Crippen LogP contribution in [0.4, 0.5) is 5.69 Å². The molecule has 2 aliphatic heterocycles. The number of non-ortho nitro benzene ring substituents is 1. The number of carbonyl (C=O) groups excluding carboxylic acids is 2. The summed E-state index contributed by atoms with van der Waals surface area (Å²) in [4.78, 5) is 42.5. The average Bonchev–Trinajstić information content (AvgIpc) is 2.66. The number of hydrogen-bond acceptors (Lipinski definition) is 7. The van der Waals surface area contributed by atoms with Gasteiger partial charge in [-0.2, -0.15) is 0 Å². The van der Waals surface area contributed by atoms with E-state index in [2.05, 4.69) is 4.99 Å². The molecule has 0 radical (unpaired) electrons. The van der Waals surface area contributed by atoms with E-state index in [1.54, 1.807) is 25.3 Å². The lowest BCUT2D eigenvalue weighted by molar-refractivity contribution is -0.384. The van der Waals surface area contributed by atoms with Gasteiger partial charge in [-0.25, -0.2) is 4.79 Å². The molecule has 9 nitrogen and oxygen atoms in total. The summed E-state index contributed by atoms with van der Waals surface area (Å²) in [5, 5.41) is 10.6. The van der Waals surface area contributed by atoms with E-state index in [0.717, 1.165) is 0 Å². The molecule has 1 aromatic carbocycles. The second-order valence-corrected chi connectivity index (χ2v) is 7.90. The molecule has 0 aromatic heterocycles. The molecular formula is C17H17ClN4O5S. The van der Waals surface area contributed by atoms with Crippen molar-refractivity contribution in [1.29, 1.82) is 0 Å². The molecule has 3 rings (SSSR count). The van der Waals surface area contributed by atoms with Crippen molar-refractivity contribution in [3.05, 3.63) is 50.7 Å². The highest BCUT2D eigenvalue weighted by atomic mass is 35.5. The van der Waals surface area contributed by atoms with E-state index in [0.29, 0.717) is 11.3 Å². The van der Waals surface area contributed by atoms with Gasteiger partial charge >= 0.3 is 5.97 Å². The number of nitro benzene ring substituents is 1. The molecule has 1 aromatic rings. The van der Waals surface area contributed by atoms with Crippen molar-refractivity contribution in [2.45, 2.75) is 18.0 Å². The van der Waals surface area contributed by atoms with E-state index in [1.807, 2.05) is 0 Å². The number of thioether (sulfide) groups is 1. The van der Waals surface area contributed by atoms with Crippen LogP contribution in [0.25, 0.3) is 0 Å². The number of carbonyl (C=O) groups is 2. The number of fused-ring (bicyclic) bond motifs is 1. The topological polar surface area (TPSA) is 105 Å². The van der Waals surface area contributed by atoms with Crippen LogP contribution in [-0.4, -0.2) is 64.2 Å². The van der Waals surface area contributed by atoms with E-state index in [1.165, 1.54) is 40.9 Å². The first kappa shape index (κ1) is 20.2. The summed E-state index contributed by atoms with van der Waals surface area (Å²) in [7, 11) is 3.60. The summed E-state index contributed by atoms with van der Waals surface area (Å²) in [5.74, 6) is -0.640. The summed E-state index contributed by atoms with van der Waals surface area (Å²) in [6.07, 6.45) is 1.56. The molecule has 148 valence electrons. The van der Waals surface area contributed by atoms with Crippen LogP contribution in [-0.2, 0) is 20.9 Å². The first-order valence-corrected chi connectivity index (χ1v) is 9.65. The summed E-state index contributed by atoms with van der Waals surface area (Å²) < 4.78 is 5.27. The highest BCUT2D eigenvalue weighted by Gasteiger charge is 2.53. The Morgan fingerprint density at radius 3 is 2.75 bits per heavy atom. The summed E-state index contributed by atoms with van der Waals surface area (Å²) in [6, 6.07) is 5.10. The molecule has 0 N–H and O–H groups in total. The number of rotatable bonds is 6. The van der Waals surface area contributed by atoms with Gasteiger partial charge in [0, 0.05) is 32.0 Å². The number of benzene rings is 1. The molecule has 0 saturated carbocycles. The second-order valence-electron chi connectivity index (χ2n) is 6.34. The van der Waals surface area contributed by atoms with Crippen LogP contribution in [0, 0.1) is 10.1 Å². The van der Waals surface area contributed by atoms with Crippen molar-refractivity contribution >= 4 is 47.3 Å². The number of aliphatic imine (C=N–C) groups is 1. The van der Waals surface area contributed by atoms with Gasteiger partial charge in [0.25, 0.3) is 11.6 Å². The molecule has 2 aliphatic rings. The van der Waals surface area contributed by atoms with E-state index in [-0.39, 0.29) is 34.3 Å². The lowest BCUT2D eigenvalue weighted by Gasteiger charge is -2.47. The molecule has 1 saturated heterocycles.